The van der Waals surface area contributed by atoms with Crippen LogP contribution in [0.25, 0.3) is 0 Å². The quantitative estimate of drug-likeness (QED) is 0.646. The predicted octanol–water partition coefficient (Wildman–Crippen LogP) is 0.954. The van der Waals surface area contributed by atoms with Crippen LogP contribution < -0.4 is 5.32 Å². The first-order valence-electron chi connectivity index (χ1n) is 5.56. The van der Waals surface area contributed by atoms with Crippen molar-refractivity contribution in [3.8, 4) is 0 Å². The Kier molecular flexibility index (Phi) is 4.85. The zero-order valence-electron chi connectivity index (χ0n) is 9.81. The van der Waals surface area contributed by atoms with Crippen LogP contribution in [0.4, 0.5) is 0 Å². The van der Waals surface area contributed by atoms with E-state index in [1.54, 1.807) is 7.11 Å². The molecule has 0 aromatic rings. The summed E-state index contributed by atoms with van der Waals surface area (Å²) in [5, 5.41) is 3.37. The van der Waals surface area contributed by atoms with Gasteiger partial charge in [0, 0.05) is 33.3 Å². The highest BCUT2D eigenvalue weighted by Gasteiger charge is 2.28. The second kappa shape index (κ2) is 5.69. The lowest BCUT2D eigenvalue weighted by atomic mass is 9.93. The number of nitrogens with one attached hydrogen (secondary N) is 1. The summed E-state index contributed by atoms with van der Waals surface area (Å²) < 4.78 is 4.97. The molecule has 1 heterocycles. The largest absolute Gasteiger partial charge is 0.383 e. The molecule has 0 radical (unpaired) electrons. The Hall–Kier alpha value is -0.120. The molecule has 3 heteroatoms. The van der Waals surface area contributed by atoms with Gasteiger partial charge in [0.2, 0.25) is 0 Å². The van der Waals surface area contributed by atoms with Crippen molar-refractivity contribution in [3.05, 3.63) is 0 Å². The lowest BCUT2D eigenvalue weighted by Crippen LogP contribution is -2.32. The Morgan fingerprint density at radius 1 is 1.36 bits per heavy atom. The van der Waals surface area contributed by atoms with E-state index < -0.39 is 0 Å². The predicted molar refractivity (Wildman–Crippen MR) is 59.6 cm³/mol. The number of likely N-dealkylation sites (tertiary alicyclic amines) is 1. The molecule has 0 atom stereocenters. The number of hydrogen-bond donors (Lipinski definition) is 1. The van der Waals surface area contributed by atoms with Gasteiger partial charge in [-0.1, -0.05) is 13.8 Å². The van der Waals surface area contributed by atoms with E-state index in [-0.39, 0.29) is 0 Å². The normalized spacial score (nSPS) is 21.6. The fourth-order valence-corrected chi connectivity index (χ4v) is 1.95. The Morgan fingerprint density at radius 2 is 2.14 bits per heavy atom. The van der Waals surface area contributed by atoms with Crippen LogP contribution in [0.1, 0.15) is 20.3 Å². The molecule has 1 fully saturated rings. The summed E-state index contributed by atoms with van der Waals surface area (Å²) in [5.41, 5.74) is 0.534. The maximum atomic E-state index is 4.97. The van der Waals surface area contributed by atoms with Crippen molar-refractivity contribution in [2.45, 2.75) is 20.3 Å². The second-order valence-electron chi connectivity index (χ2n) is 4.93. The van der Waals surface area contributed by atoms with E-state index >= 15 is 0 Å². The molecule has 1 aliphatic heterocycles. The summed E-state index contributed by atoms with van der Waals surface area (Å²) in [5.74, 6) is 0. The van der Waals surface area contributed by atoms with Gasteiger partial charge < -0.3 is 15.0 Å². The van der Waals surface area contributed by atoms with Gasteiger partial charge in [-0.3, -0.25) is 0 Å². The molecular weight excluding hydrogens is 176 g/mol. The van der Waals surface area contributed by atoms with Crippen molar-refractivity contribution in [3.63, 3.8) is 0 Å². The van der Waals surface area contributed by atoms with Crippen LogP contribution in [0, 0.1) is 5.41 Å². The summed E-state index contributed by atoms with van der Waals surface area (Å²) in [6.45, 7) is 11.3. The van der Waals surface area contributed by atoms with Crippen LogP contribution in [-0.4, -0.2) is 51.3 Å². The van der Waals surface area contributed by atoms with E-state index in [4.69, 9.17) is 4.74 Å². The monoisotopic (exact) mass is 200 g/mol. The Labute approximate surface area is 87.8 Å². The molecule has 1 saturated heterocycles. The number of ether oxygens (including phenoxy) is 1. The van der Waals surface area contributed by atoms with Crippen molar-refractivity contribution in [2.75, 3.05) is 46.4 Å². The standard InChI is InChI=1S/C11H24N2O/c1-11(2)4-7-13(10-11)8-5-12-6-9-14-3/h12H,4-10H2,1-3H3. The fourth-order valence-electron chi connectivity index (χ4n) is 1.95. The average molecular weight is 200 g/mol. The molecule has 0 amide bonds. The number of methoxy groups -OCH3 is 1. The number of rotatable bonds is 6. The minimum Gasteiger partial charge on any atom is -0.383 e. The molecule has 0 aromatic heterocycles. The highest BCUT2D eigenvalue weighted by atomic mass is 16.5. The van der Waals surface area contributed by atoms with Crippen molar-refractivity contribution in [1.29, 1.82) is 0 Å². The Bertz CT molecular complexity index is 159. The van der Waals surface area contributed by atoms with Crippen molar-refractivity contribution in [1.82, 2.24) is 10.2 Å². The molecule has 1 N–H and O–H groups in total. The first-order valence-corrected chi connectivity index (χ1v) is 5.56. The number of nitrogens with zero attached hydrogens (tertiary/aromatic N) is 1. The van der Waals surface area contributed by atoms with Gasteiger partial charge in [-0.05, 0) is 18.4 Å². The topological polar surface area (TPSA) is 24.5 Å². The van der Waals surface area contributed by atoms with Gasteiger partial charge in [-0.15, -0.1) is 0 Å². The minimum atomic E-state index is 0.534. The summed E-state index contributed by atoms with van der Waals surface area (Å²) in [4.78, 5) is 2.54. The fraction of sp³-hybridized carbons (Fsp3) is 1.00. The number of hydrogen-bond acceptors (Lipinski definition) is 3. The molecule has 0 bridgehead atoms. The average Bonchev–Trinajstić information content (AvgIpc) is 2.45. The molecule has 1 rings (SSSR count). The van der Waals surface area contributed by atoms with Gasteiger partial charge in [-0.25, -0.2) is 0 Å². The molecule has 0 spiro atoms. The molecular formula is C11H24N2O. The highest BCUT2D eigenvalue weighted by molar-refractivity contribution is 4.82. The van der Waals surface area contributed by atoms with Gasteiger partial charge >= 0.3 is 0 Å². The van der Waals surface area contributed by atoms with Crippen LogP contribution in [-0.2, 0) is 4.74 Å². The van der Waals surface area contributed by atoms with E-state index in [9.17, 15) is 0 Å². The van der Waals surface area contributed by atoms with Crippen molar-refractivity contribution in [2.24, 2.45) is 5.41 Å². The maximum absolute atomic E-state index is 4.97. The van der Waals surface area contributed by atoms with Crippen LogP contribution in [0.5, 0.6) is 0 Å². The third-order valence-electron chi connectivity index (χ3n) is 2.84. The van der Waals surface area contributed by atoms with Gasteiger partial charge in [0.25, 0.3) is 0 Å². The lowest BCUT2D eigenvalue weighted by Gasteiger charge is -2.19. The summed E-state index contributed by atoms with van der Waals surface area (Å²) in [6, 6.07) is 0. The first-order chi connectivity index (χ1) is 6.64. The second-order valence-corrected chi connectivity index (χ2v) is 4.93. The van der Waals surface area contributed by atoms with Gasteiger partial charge in [0.15, 0.2) is 0 Å². The van der Waals surface area contributed by atoms with Crippen LogP contribution in [0.15, 0.2) is 0 Å². The van der Waals surface area contributed by atoms with E-state index in [2.05, 4.69) is 24.1 Å². The third-order valence-corrected chi connectivity index (χ3v) is 2.84. The van der Waals surface area contributed by atoms with Gasteiger partial charge in [0.1, 0.15) is 0 Å². The molecule has 14 heavy (non-hydrogen) atoms. The van der Waals surface area contributed by atoms with Crippen LogP contribution >= 0.6 is 0 Å². The van der Waals surface area contributed by atoms with Crippen molar-refractivity contribution >= 4 is 0 Å². The van der Waals surface area contributed by atoms with E-state index in [1.807, 2.05) is 0 Å². The van der Waals surface area contributed by atoms with E-state index in [1.165, 1.54) is 26.1 Å². The smallest absolute Gasteiger partial charge is 0.0587 e. The molecule has 0 aromatic carbocycles. The van der Waals surface area contributed by atoms with Gasteiger partial charge in [-0.2, -0.15) is 0 Å². The zero-order chi connectivity index (χ0) is 10.4. The first kappa shape index (κ1) is 12.0. The lowest BCUT2D eigenvalue weighted by molar-refractivity contribution is 0.197. The molecule has 0 aliphatic carbocycles. The Balaban J connectivity index is 1.98. The summed E-state index contributed by atoms with van der Waals surface area (Å²) in [7, 11) is 1.74. The minimum absolute atomic E-state index is 0.534. The van der Waals surface area contributed by atoms with E-state index in [0.29, 0.717) is 5.41 Å². The van der Waals surface area contributed by atoms with Gasteiger partial charge in [0.05, 0.1) is 6.61 Å². The molecule has 0 saturated carbocycles. The molecule has 84 valence electrons. The zero-order valence-corrected chi connectivity index (χ0v) is 9.81. The summed E-state index contributed by atoms with van der Waals surface area (Å²) in [6.07, 6.45) is 1.34. The maximum Gasteiger partial charge on any atom is 0.0587 e. The molecule has 3 nitrogen and oxygen atoms in total. The van der Waals surface area contributed by atoms with E-state index in [0.717, 1.165) is 19.7 Å². The highest BCUT2D eigenvalue weighted by Crippen LogP contribution is 2.28. The molecule has 0 unspecified atom stereocenters. The summed E-state index contributed by atoms with van der Waals surface area (Å²) >= 11 is 0. The SMILES string of the molecule is COCCNCCN1CCC(C)(C)C1. The third kappa shape index (κ3) is 4.40. The van der Waals surface area contributed by atoms with Crippen molar-refractivity contribution < 1.29 is 4.74 Å². The molecule has 1 aliphatic rings. The van der Waals surface area contributed by atoms with Crippen LogP contribution in [0.2, 0.25) is 0 Å². The van der Waals surface area contributed by atoms with Crippen LogP contribution in [0.3, 0.4) is 0 Å². The Morgan fingerprint density at radius 3 is 2.71 bits per heavy atom.